The maximum atomic E-state index is 15.4. The summed E-state index contributed by atoms with van der Waals surface area (Å²) in [6.45, 7) is 6.54. The first kappa shape index (κ1) is 23.9. The Morgan fingerprint density at radius 2 is 1.51 bits per heavy atom. The van der Waals surface area contributed by atoms with E-state index in [2.05, 4.69) is 87.1 Å². The molecule has 2 heterocycles. The number of nitrogens with zero attached hydrogens (tertiary/aromatic N) is 1. The van der Waals surface area contributed by atoms with E-state index < -0.39 is 0 Å². The number of fused-ring (bicyclic) bond motifs is 3. The van der Waals surface area contributed by atoms with Gasteiger partial charge in [0.1, 0.15) is 24.0 Å². The third-order valence-corrected chi connectivity index (χ3v) is 8.34. The molecule has 188 valence electrons. The van der Waals surface area contributed by atoms with E-state index in [4.69, 9.17) is 4.42 Å². The summed E-state index contributed by atoms with van der Waals surface area (Å²) in [7, 11) is 2.07. The van der Waals surface area contributed by atoms with Crippen molar-refractivity contribution in [2.45, 2.75) is 64.7 Å². The van der Waals surface area contributed by atoms with E-state index in [0.29, 0.717) is 23.0 Å². The Hall–Kier alpha value is -3.46. The Morgan fingerprint density at radius 3 is 2.22 bits per heavy atom. The highest BCUT2D eigenvalue weighted by atomic mass is 19.1. The Kier molecular flexibility index (Phi) is 6.10. The summed E-state index contributed by atoms with van der Waals surface area (Å²) in [5.41, 5.74) is 8.82. The lowest BCUT2D eigenvalue weighted by Gasteiger charge is -2.22. The van der Waals surface area contributed by atoms with Gasteiger partial charge in [0.25, 0.3) is 0 Å². The molecule has 2 nitrogen and oxygen atoms in total. The number of aryl methyl sites for hydroxylation is 2. The molecule has 1 saturated carbocycles. The number of aromatic nitrogens is 1. The Morgan fingerprint density at radius 1 is 0.838 bits per heavy atom. The number of hydrogen-bond acceptors (Lipinski definition) is 1. The van der Waals surface area contributed by atoms with Gasteiger partial charge in [0.05, 0.1) is 11.1 Å². The van der Waals surface area contributed by atoms with Crippen LogP contribution < -0.4 is 4.57 Å². The van der Waals surface area contributed by atoms with Gasteiger partial charge in [0, 0.05) is 22.9 Å². The molecule has 0 aliphatic heterocycles. The third kappa shape index (κ3) is 4.15. The van der Waals surface area contributed by atoms with E-state index in [1.165, 1.54) is 43.2 Å². The fourth-order valence-electron chi connectivity index (χ4n) is 6.12. The average molecular weight is 493 g/mol. The van der Waals surface area contributed by atoms with Crippen molar-refractivity contribution in [1.82, 2.24) is 0 Å². The third-order valence-electron chi connectivity index (χ3n) is 8.34. The van der Waals surface area contributed by atoms with Gasteiger partial charge in [-0.25, -0.2) is 8.96 Å². The molecular formula is C34H35FNO+. The van der Waals surface area contributed by atoms with Crippen molar-refractivity contribution in [1.29, 1.82) is 0 Å². The molecule has 0 spiro atoms. The number of hydrogen-bond donors (Lipinski definition) is 0. The van der Waals surface area contributed by atoms with Crippen LogP contribution >= 0.6 is 0 Å². The van der Waals surface area contributed by atoms with Gasteiger partial charge in [-0.15, -0.1) is 0 Å². The summed E-state index contributed by atoms with van der Waals surface area (Å²) in [6, 6.07) is 20.7. The summed E-state index contributed by atoms with van der Waals surface area (Å²) in [6.07, 6.45) is 8.58. The fraction of sp³-hybridized carbons (Fsp3) is 0.324. The molecule has 3 heteroatoms. The molecule has 6 rings (SSSR count). The normalized spacial score (nSPS) is 14.8. The van der Waals surface area contributed by atoms with Crippen LogP contribution in [0.5, 0.6) is 0 Å². The zero-order valence-electron chi connectivity index (χ0n) is 22.3. The van der Waals surface area contributed by atoms with Crippen LogP contribution in [0.4, 0.5) is 4.39 Å². The number of halogens is 1. The highest BCUT2D eigenvalue weighted by Gasteiger charge is 2.24. The second-order valence-electron chi connectivity index (χ2n) is 11.1. The summed E-state index contributed by atoms with van der Waals surface area (Å²) in [5.74, 6) is 0.803. The van der Waals surface area contributed by atoms with Gasteiger partial charge in [0.2, 0.25) is 5.69 Å². The van der Waals surface area contributed by atoms with Crippen LogP contribution in [0.1, 0.15) is 74.5 Å². The molecule has 0 bridgehead atoms. The maximum absolute atomic E-state index is 15.4. The first-order chi connectivity index (χ1) is 17.9. The summed E-state index contributed by atoms with van der Waals surface area (Å²) in [5, 5.41) is 1.97. The minimum absolute atomic E-state index is 0.248. The number of pyridine rings is 1. The van der Waals surface area contributed by atoms with Gasteiger partial charge < -0.3 is 4.42 Å². The SMILES string of the molecule is Cc1ccc2c(oc3c(-c4ccc(C5CCCCC5)cc4)c(F)ccc32)c1-c1cc(C(C)C)cc[n+]1C. The molecule has 1 aliphatic carbocycles. The molecule has 0 amide bonds. The van der Waals surface area contributed by atoms with E-state index >= 15 is 4.39 Å². The predicted octanol–water partition coefficient (Wildman–Crippen LogP) is 9.36. The van der Waals surface area contributed by atoms with Crippen LogP contribution in [-0.2, 0) is 7.05 Å². The molecule has 2 aromatic heterocycles. The van der Waals surface area contributed by atoms with Crippen molar-refractivity contribution < 1.29 is 13.4 Å². The van der Waals surface area contributed by atoms with Crippen molar-refractivity contribution in [3.05, 3.63) is 89.4 Å². The Labute approximate surface area is 218 Å². The quantitative estimate of drug-likeness (QED) is 0.228. The van der Waals surface area contributed by atoms with E-state index in [9.17, 15) is 0 Å². The summed E-state index contributed by atoms with van der Waals surface area (Å²) < 4.78 is 24.2. The van der Waals surface area contributed by atoms with Gasteiger partial charge in [0.15, 0.2) is 6.20 Å². The lowest BCUT2D eigenvalue weighted by atomic mass is 9.83. The fourth-order valence-corrected chi connectivity index (χ4v) is 6.12. The maximum Gasteiger partial charge on any atom is 0.216 e. The molecule has 3 aromatic carbocycles. The van der Waals surface area contributed by atoms with Crippen molar-refractivity contribution in [2.75, 3.05) is 0 Å². The van der Waals surface area contributed by atoms with Crippen LogP contribution in [0.15, 0.2) is 71.3 Å². The lowest BCUT2D eigenvalue weighted by Crippen LogP contribution is -2.31. The van der Waals surface area contributed by atoms with E-state index in [1.54, 1.807) is 6.07 Å². The van der Waals surface area contributed by atoms with Crippen molar-refractivity contribution in [3.63, 3.8) is 0 Å². The number of benzene rings is 3. The van der Waals surface area contributed by atoms with E-state index in [0.717, 1.165) is 38.7 Å². The van der Waals surface area contributed by atoms with Crippen molar-refractivity contribution in [2.24, 2.45) is 7.05 Å². The molecule has 37 heavy (non-hydrogen) atoms. The predicted molar refractivity (Wildman–Crippen MR) is 150 cm³/mol. The van der Waals surface area contributed by atoms with Gasteiger partial charge in [-0.1, -0.05) is 69.5 Å². The van der Waals surface area contributed by atoms with Crippen molar-refractivity contribution in [3.8, 4) is 22.4 Å². The summed E-state index contributed by atoms with van der Waals surface area (Å²) >= 11 is 0. The topological polar surface area (TPSA) is 17.0 Å². The highest BCUT2D eigenvalue weighted by Crippen LogP contribution is 2.42. The summed E-state index contributed by atoms with van der Waals surface area (Å²) in [4.78, 5) is 0. The highest BCUT2D eigenvalue weighted by molar-refractivity contribution is 6.13. The largest absolute Gasteiger partial charge is 0.454 e. The van der Waals surface area contributed by atoms with Gasteiger partial charge in [-0.2, -0.15) is 0 Å². The Bertz CT molecular complexity index is 1600. The number of rotatable bonds is 4. The number of furan rings is 1. The smallest absolute Gasteiger partial charge is 0.216 e. The average Bonchev–Trinajstić information content (AvgIpc) is 3.28. The minimum Gasteiger partial charge on any atom is -0.454 e. The van der Waals surface area contributed by atoms with Crippen LogP contribution in [0.3, 0.4) is 0 Å². The molecule has 1 aliphatic rings. The monoisotopic (exact) mass is 492 g/mol. The van der Waals surface area contributed by atoms with Gasteiger partial charge in [-0.3, -0.25) is 0 Å². The molecule has 0 radical (unpaired) electrons. The molecule has 1 fully saturated rings. The first-order valence-corrected chi connectivity index (χ1v) is 13.7. The second-order valence-corrected chi connectivity index (χ2v) is 11.1. The molecule has 0 unspecified atom stereocenters. The van der Waals surface area contributed by atoms with Crippen LogP contribution in [-0.4, -0.2) is 0 Å². The van der Waals surface area contributed by atoms with Crippen LogP contribution in [0.25, 0.3) is 44.3 Å². The molecule has 5 aromatic rings. The van der Waals surface area contributed by atoms with E-state index in [-0.39, 0.29) is 5.82 Å². The van der Waals surface area contributed by atoms with Gasteiger partial charge in [-0.05, 0) is 66.0 Å². The first-order valence-electron chi connectivity index (χ1n) is 13.7. The molecular weight excluding hydrogens is 457 g/mol. The minimum atomic E-state index is -0.248. The second kappa shape index (κ2) is 9.45. The zero-order chi connectivity index (χ0) is 25.7. The molecule has 0 saturated heterocycles. The van der Waals surface area contributed by atoms with Crippen LogP contribution in [0.2, 0.25) is 0 Å². The molecule has 0 atom stereocenters. The van der Waals surface area contributed by atoms with Crippen molar-refractivity contribution >= 4 is 21.9 Å². The standard InChI is InChI=1S/C34H35FNO/c1-21(2)26-18-19-36(4)30(20-26)31-22(3)10-15-27-28-16-17-29(35)32(34(28)37-33(27)31)25-13-11-24(12-14-25)23-8-6-5-7-9-23/h10-21,23H,5-9H2,1-4H3/q+1. The van der Waals surface area contributed by atoms with Crippen LogP contribution in [0, 0.1) is 12.7 Å². The lowest BCUT2D eigenvalue weighted by molar-refractivity contribution is -0.660. The zero-order valence-corrected chi connectivity index (χ0v) is 22.3. The Balaban J connectivity index is 1.54. The van der Waals surface area contributed by atoms with E-state index in [1.807, 2.05) is 6.07 Å². The molecule has 0 N–H and O–H groups in total. The van der Waals surface area contributed by atoms with Gasteiger partial charge >= 0.3 is 0 Å².